The van der Waals surface area contributed by atoms with Gasteiger partial charge in [0.1, 0.15) is 23.7 Å². The number of alkyl halides is 3. The standard InChI is InChI=1S/C25H39N2O10PS2.C2HF3O2/c1-24(2,3)22(31)39-12-10-34-38(33,35-11-13-40-23(32)25(4,5)6)36-15-17-18(28)19(29)21(37-17)27-9-7-8-16(14-27)20(26)30;3-2(4,5)1(6)7/h7-9,14,17-19,21,28-29H,10-13,15H2,1-6H3,(H-,26,30);(H,6,7). The van der Waals surface area contributed by atoms with Crippen molar-refractivity contribution in [1.29, 1.82) is 0 Å². The number of carboxylic acid groups (broad SMARTS) is 1. The highest BCUT2D eigenvalue weighted by atomic mass is 32.2. The van der Waals surface area contributed by atoms with Crippen LogP contribution < -0.4 is 15.4 Å². The Hall–Kier alpha value is -2.09. The molecule has 4 unspecified atom stereocenters. The maximum absolute atomic E-state index is 13.4. The number of thioether (sulfide) groups is 2. The van der Waals surface area contributed by atoms with Crippen LogP contribution in [0.15, 0.2) is 24.5 Å². The monoisotopic (exact) mass is 736 g/mol. The van der Waals surface area contributed by atoms with Crippen LogP contribution in [0.4, 0.5) is 13.2 Å². The maximum Gasteiger partial charge on any atom is 0.474 e. The Morgan fingerprint density at radius 2 is 1.43 bits per heavy atom. The molecule has 1 fully saturated rings. The molecule has 0 aliphatic carbocycles. The number of rotatable bonds is 13. The predicted octanol–water partition coefficient (Wildman–Crippen LogP) is 1.76. The number of hydrogen-bond donors (Lipinski definition) is 3. The summed E-state index contributed by atoms with van der Waals surface area (Å²) in [5.74, 6) is -3.30. The Morgan fingerprint density at radius 3 is 1.83 bits per heavy atom. The number of hydrogen-bond acceptors (Lipinski definition) is 14. The first-order valence-corrected chi connectivity index (χ1v) is 17.3. The smallest absolute Gasteiger partial charge is 0.474 e. The second-order valence-electron chi connectivity index (χ2n) is 11.9. The molecule has 4 N–H and O–H groups in total. The Balaban J connectivity index is 0.00000141. The van der Waals surface area contributed by atoms with E-state index in [1.54, 1.807) is 41.5 Å². The minimum absolute atomic E-state index is 0.0646. The molecule has 0 saturated carbocycles. The van der Waals surface area contributed by atoms with Crippen molar-refractivity contribution in [3.63, 3.8) is 0 Å². The van der Waals surface area contributed by atoms with Gasteiger partial charge in [0.05, 0.1) is 19.8 Å². The zero-order valence-electron chi connectivity index (χ0n) is 26.6. The average molecular weight is 737 g/mol. The van der Waals surface area contributed by atoms with Gasteiger partial charge in [-0.15, -0.1) is 0 Å². The topological polar surface area (TPSA) is 216 Å². The molecule has 4 atom stereocenters. The van der Waals surface area contributed by atoms with E-state index >= 15 is 0 Å². The number of halogens is 3. The van der Waals surface area contributed by atoms with Crippen molar-refractivity contribution in [2.24, 2.45) is 16.6 Å². The fourth-order valence-corrected chi connectivity index (χ4v) is 6.19. The van der Waals surface area contributed by atoms with Gasteiger partial charge in [0.15, 0.2) is 28.7 Å². The van der Waals surface area contributed by atoms with Crippen molar-refractivity contribution in [1.82, 2.24) is 0 Å². The van der Waals surface area contributed by atoms with Gasteiger partial charge in [-0.2, -0.15) is 17.7 Å². The zero-order valence-corrected chi connectivity index (χ0v) is 29.1. The van der Waals surface area contributed by atoms with Gasteiger partial charge >= 0.3 is 14.0 Å². The van der Waals surface area contributed by atoms with E-state index in [-0.39, 0.29) is 40.5 Å². The highest BCUT2D eigenvalue weighted by Gasteiger charge is 2.49. The predicted molar refractivity (Wildman–Crippen MR) is 161 cm³/mol. The number of carbonyl (C=O) groups excluding carboxylic acids is 4. The van der Waals surface area contributed by atoms with Crippen molar-refractivity contribution >= 4 is 53.5 Å². The van der Waals surface area contributed by atoms with Crippen LogP contribution in [0.2, 0.25) is 0 Å². The molecular weight excluding hydrogens is 696 g/mol. The fraction of sp³-hybridized carbons (Fsp3) is 0.667. The van der Waals surface area contributed by atoms with Gasteiger partial charge in [-0.3, -0.25) is 28.0 Å². The van der Waals surface area contributed by atoms with Crippen molar-refractivity contribution in [3.05, 3.63) is 30.1 Å². The van der Waals surface area contributed by atoms with Gasteiger partial charge in [-0.25, -0.2) is 4.57 Å². The van der Waals surface area contributed by atoms with Crippen LogP contribution in [0.1, 0.15) is 58.1 Å². The van der Waals surface area contributed by atoms with Gasteiger partial charge < -0.3 is 30.6 Å². The first-order valence-electron chi connectivity index (χ1n) is 13.9. The van der Waals surface area contributed by atoms with Crippen LogP contribution in [0.5, 0.6) is 0 Å². The third-order valence-electron chi connectivity index (χ3n) is 5.72. The number of carboxylic acids is 1. The SMILES string of the molecule is CC(C)(C)C(=O)SCCOP(=O)(OCCSC(=O)C(C)(C)C)OCC1OC([n+]2cccc(C(N)=O)c2)C(O)C1O.O=C([O-])C(F)(F)F. The summed E-state index contributed by atoms with van der Waals surface area (Å²) in [6.45, 7) is 9.98. The highest BCUT2D eigenvalue weighted by Crippen LogP contribution is 2.50. The quantitative estimate of drug-likeness (QED) is 0.150. The Morgan fingerprint density at radius 1 is 0.957 bits per heavy atom. The number of aliphatic carboxylic acids is 1. The number of carbonyl (C=O) groups is 4. The van der Waals surface area contributed by atoms with Crippen LogP contribution >= 0.6 is 31.3 Å². The molecule has 14 nitrogen and oxygen atoms in total. The number of ether oxygens (including phenoxy) is 1. The summed E-state index contributed by atoms with van der Waals surface area (Å²) in [4.78, 5) is 44.6. The van der Waals surface area contributed by atoms with Crippen molar-refractivity contribution in [2.75, 3.05) is 31.3 Å². The molecule has 1 aromatic rings. The fourth-order valence-electron chi connectivity index (χ4n) is 3.19. The molecule has 1 aromatic heterocycles. The third kappa shape index (κ3) is 14.9. The van der Waals surface area contributed by atoms with E-state index in [1.165, 1.54) is 29.1 Å². The largest absolute Gasteiger partial charge is 0.542 e. The van der Waals surface area contributed by atoms with Gasteiger partial charge in [-0.1, -0.05) is 65.1 Å². The maximum atomic E-state index is 13.4. The number of primary amides is 1. The highest BCUT2D eigenvalue weighted by molar-refractivity contribution is 8.14. The number of phosphoric acid groups is 1. The number of aromatic nitrogens is 1. The molecular formula is C27H40F3N2O12PS2. The number of amides is 1. The minimum atomic E-state index is -5.19. The van der Waals surface area contributed by atoms with E-state index in [9.17, 15) is 42.3 Å². The third-order valence-corrected chi connectivity index (χ3v) is 9.68. The van der Waals surface area contributed by atoms with E-state index < -0.39 is 67.9 Å². The van der Waals surface area contributed by atoms with Crippen LogP contribution in [0.25, 0.3) is 0 Å². The molecule has 0 spiro atoms. The summed E-state index contributed by atoms with van der Waals surface area (Å²) in [5.41, 5.74) is 4.38. The Bertz CT molecular complexity index is 1250. The lowest BCUT2D eigenvalue weighted by Crippen LogP contribution is -2.46. The minimum Gasteiger partial charge on any atom is -0.542 e. The van der Waals surface area contributed by atoms with Crippen molar-refractivity contribution in [2.45, 2.75) is 72.3 Å². The van der Waals surface area contributed by atoms with Gasteiger partial charge in [0.2, 0.25) is 0 Å². The molecule has 1 amide bonds. The van der Waals surface area contributed by atoms with E-state index in [1.807, 2.05) is 0 Å². The van der Waals surface area contributed by atoms with E-state index in [2.05, 4.69) is 0 Å². The molecule has 1 aliphatic rings. The van der Waals surface area contributed by atoms with Gasteiger partial charge in [0.25, 0.3) is 12.1 Å². The second kappa shape index (κ2) is 18.1. The summed E-state index contributed by atoms with van der Waals surface area (Å²) < 4.78 is 68.4. The molecule has 2 heterocycles. The average Bonchev–Trinajstić information content (AvgIpc) is 3.24. The Kier molecular flexibility index (Phi) is 16.5. The lowest BCUT2D eigenvalue weighted by atomic mass is 9.99. The second-order valence-corrected chi connectivity index (χ2v) is 15.7. The number of aliphatic hydroxyl groups excluding tert-OH is 2. The number of nitrogens with zero attached hydrogens (tertiary/aromatic N) is 1. The summed E-state index contributed by atoms with van der Waals surface area (Å²) in [7, 11) is -4.22. The first-order chi connectivity index (χ1) is 21.4. The normalized spacial score (nSPS) is 20.3. The van der Waals surface area contributed by atoms with Crippen LogP contribution in [-0.4, -0.2) is 88.1 Å². The molecule has 2 rings (SSSR count). The molecule has 1 aliphatic heterocycles. The lowest BCUT2D eigenvalue weighted by molar-refractivity contribution is -0.765. The summed E-state index contributed by atoms with van der Waals surface area (Å²) in [5, 5.41) is 29.8. The number of phosphoric ester groups is 1. The van der Waals surface area contributed by atoms with E-state index in [0.717, 1.165) is 23.5 Å². The van der Waals surface area contributed by atoms with E-state index in [4.69, 9.17) is 33.9 Å². The molecule has 0 aromatic carbocycles. The van der Waals surface area contributed by atoms with E-state index in [0.29, 0.717) is 0 Å². The number of aliphatic hydroxyl groups is 2. The van der Waals surface area contributed by atoms with Crippen LogP contribution in [-0.2, 0) is 37.3 Å². The molecule has 0 bridgehead atoms. The summed E-state index contributed by atoms with van der Waals surface area (Å²) in [6, 6.07) is 3.02. The van der Waals surface area contributed by atoms with Gasteiger partial charge in [0, 0.05) is 28.4 Å². The Labute approximate surface area is 278 Å². The molecule has 47 heavy (non-hydrogen) atoms. The van der Waals surface area contributed by atoms with Crippen molar-refractivity contribution in [3.8, 4) is 0 Å². The van der Waals surface area contributed by atoms with Gasteiger partial charge in [-0.05, 0) is 6.07 Å². The zero-order chi connectivity index (χ0) is 36.4. The molecule has 0 radical (unpaired) electrons. The summed E-state index contributed by atoms with van der Waals surface area (Å²) in [6.07, 6.45) is -7.33. The summed E-state index contributed by atoms with van der Waals surface area (Å²) >= 11 is 2.05. The van der Waals surface area contributed by atoms with Crippen LogP contribution in [0, 0.1) is 10.8 Å². The van der Waals surface area contributed by atoms with Crippen LogP contribution in [0.3, 0.4) is 0 Å². The molecule has 20 heteroatoms. The number of pyridine rings is 1. The van der Waals surface area contributed by atoms with Crippen molar-refractivity contribution < 1.29 is 75.1 Å². The lowest BCUT2D eigenvalue weighted by Gasteiger charge is -2.21. The number of nitrogens with two attached hydrogens (primary N) is 1. The molecule has 268 valence electrons. The molecule has 1 saturated heterocycles. The first kappa shape index (κ1) is 42.9.